The SMILES string of the molecule is Cc1sc(C(O)c2c(F)ccc(Br)c2F)cc1Br. The molecule has 0 amide bonds. The lowest BCUT2D eigenvalue weighted by Gasteiger charge is -2.12. The molecule has 96 valence electrons. The van der Waals surface area contributed by atoms with Gasteiger partial charge in [0.05, 0.1) is 10.0 Å². The first kappa shape index (κ1) is 14.1. The summed E-state index contributed by atoms with van der Waals surface area (Å²) in [5.74, 6) is -1.53. The van der Waals surface area contributed by atoms with Crippen molar-refractivity contribution in [2.75, 3.05) is 0 Å². The molecule has 1 unspecified atom stereocenters. The zero-order valence-electron chi connectivity index (χ0n) is 9.18. The first-order valence-electron chi connectivity index (χ1n) is 4.99. The minimum atomic E-state index is -1.31. The lowest BCUT2D eigenvalue weighted by atomic mass is 10.1. The molecule has 1 atom stereocenters. The van der Waals surface area contributed by atoms with Crippen molar-refractivity contribution >= 4 is 43.2 Å². The van der Waals surface area contributed by atoms with Crippen LogP contribution in [-0.4, -0.2) is 5.11 Å². The molecular weight excluding hydrogens is 390 g/mol. The van der Waals surface area contributed by atoms with E-state index in [1.54, 1.807) is 6.07 Å². The number of thiophene rings is 1. The molecule has 2 aromatic rings. The van der Waals surface area contributed by atoms with Crippen molar-refractivity contribution in [2.24, 2.45) is 0 Å². The normalized spacial score (nSPS) is 12.8. The standard InChI is InChI=1S/C12H8Br2F2OS/c1-5-7(14)4-9(18-5)12(17)10-8(15)3-2-6(13)11(10)16/h2-4,12,17H,1H3. The lowest BCUT2D eigenvalue weighted by Crippen LogP contribution is -2.04. The minimum absolute atomic E-state index is 0.130. The molecule has 1 aromatic heterocycles. The summed E-state index contributed by atoms with van der Waals surface area (Å²) in [6, 6.07) is 4.07. The molecule has 0 fully saturated rings. The van der Waals surface area contributed by atoms with Crippen LogP contribution in [0.2, 0.25) is 0 Å². The Labute approximate surface area is 124 Å². The average molecular weight is 398 g/mol. The number of hydrogen-bond donors (Lipinski definition) is 1. The van der Waals surface area contributed by atoms with E-state index in [2.05, 4.69) is 31.9 Å². The van der Waals surface area contributed by atoms with Gasteiger partial charge in [0, 0.05) is 14.2 Å². The molecule has 0 saturated heterocycles. The fourth-order valence-electron chi connectivity index (χ4n) is 1.55. The predicted octanol–water partition coefficient (Wildman–Crippen LogP) is 4.94. The van der Waals surface area contributed by atoms with Crippen LogP contribution in [0.3, 0.4) is 0 Å². The molecule has 1 nitrogen and oxygen atoms in total. The fourth-order valence-corrected chi connectivity index (χ4v) is 3.45. The number of hydrogen-bond acceptors (Lipinski definition) is 2. The number of aryl methyl sites for hydroxylation is 1. The molecule has 0 aliphatic rings. The van der Waals surface area contributed by atoms with Crippen molar-refractivity contribution in [3.63, 3.8) is 0 Å². The molecule has 0 saturated carbocycles. The maximum atomic E-state index is 13.9. The Bertz CT molecular complexity index is 579. The van der Waals surface area contributed by atoms with E-state index in [-0.39, 0.29) is 10.0 Å². The summed E-state index contributed by atoms with van der Waals surface area (Å²) in [7, 11) is 0. The number of halogens is 4. The van der Waals surface area contributed by atoms with E-state index < -0.39 is 17.7 Å². The second-order valence-electron chi connectivity index (χ2n) is 3.71. The van der Waals surface area contributed by atoms with E-state index in [1.807, 2.05) is 6.92 Å². The van der Waals surface area contributed by atoms with Crippen LogP contribution in [0.15, 0.2) is 27.1 Å². The van der Waals surface area contributed by atoms with Gasteiger partial charge in [-0.05, 0) is 57.0 Å². The first-order chi connectivity index (χ1) is 8.41. The molecule has 0 aliphatic carbocycles. The van der Waals surface area contributed by atoms with Crippen LogP contribution >= 0.6 is 43.2 Å². The van der Waals surface area contributed by atoms with Crippen LogP contribution in [-0.2, 0) is 0 Å². The number of benzene rings is 1. The first-order valence-corrected chi connectivity index (χ1v) is 7.39. The van der Waals surface area contributed by atoms with Gasteiger partial charge in [-0.3, -0.25) is 0 Å². The van der Waals surface area contributed by atoms with Crippen LogP contribution in [0.1, 0.15) is 21.4 Å². The van der Waals surface area contributed by atoms with Crippen LogP contribution in [0.25, 0.3) is 0 Å². The molecule has 0 spiro atoms. The van der Waals surface area contributed by atoms with E-state index >= 15 is 0 Å². The topological polar surface area (TPSA) is 20.2 Å². The molecule has 0 bridgehead atoms. The van der Waals surface area contributed by atoms with Gasteiger partial charge in [-0.25, -0.2) is 8.78 Å². The Balaban J connectivity index is 2.52. The Morgan fingerprint density at radius 1 is 1.22 bits per heavy atom. The van der Waals surface area contributed by atoms with Gasteiger partial charge in [0.1, 0.15) is 17.7 Å². The van der Waals surface area contributed by atoms with Crippen molar-refractivity contribution in [3.8, 4) is 0 Å². The van der Waals surface area contributed by atoms with Crippen molar-refractivity contribution in [3.05, 3.63) is 54.1 Å². The minimum Gasteiger partial charge on any atom is -0.383 e. The molecule has 1 aromatic carbocycles. The van der Waals surface area contributed by atoms with Gasteiger partial charge in [0.15, 0.2) is 0 Å². The second-order valence-corrected chi connectivity index (χ2v) is 6.71. The maximum Gasteiger partial charge on any atom is 0.146 e. The average Bonchev–Trinajstić information content (AvgIpc) is 2.65. The van der Waals surface area contributed by atoms with E-state index in [1.165, 1.54) is 17.4 Å². The highest BCUT2D eigenvalue weighted by Gasteiger charge is 2.23. The van der Waals surface area contributed by atoms with Crippen molar-refractivity contribution in [1.82, 2.24) is 0 Å². The lowest BCUT2D eigenvalue weighted by molar-refractivity contribution is 0.212. The zero-order valence-corrected chi connectivity index (χ0v) is 13.2. The fraction of sp³-hybridized carbons (Fsp3) is 0.167. The van der Waals surface area contributed by atoms with Gasteiger partial charge in [-0.1, -0.05) is 0 Å². The molecule has 2 rings (SSSR count). The van der Waals surface area contributed by atoms with Crippen molar-refractivity contribution < 1.29 is 13.9 Å². The summed E-state index contributed by atoms with van der Waals surface area (Å²) >= 11 is 7.59. The summed E-state index contributed by atoms with van der Waals surface area (Å²) in [6.45, 7) is 1.86. The van der Waals surface area contributed by atoms with Crippen LogP contribution in [0.4, 0.5) is 8.78 Å². The van der Waals surface area contributed by atoms with Gasteiger partial charge >= 0.3 is 0 Å². The van der Waals surface area contributed by atoms with Crippen molar-refractivity contribution in [1.29, 1.82) is 0 Å². The van der Waals surface area contributed by atoms with E-state index in [0.29, 0.717) is 4.88 Å². The predicted molar refractivity (Wildman–Crippen MR) is 74.9 cm³/mol. The van der Waals surface area contributed by atoms with Crippen molar-refractivity contribution in [2.45, 2.75) is 13.0 Å². The number of aliphatic hydroxyl groups excluding tert-OH is 1. The van der Waals surface area contributed by atoms with E-state index in [0.717, 1.165) is 15.4 Å². The molecule has 0 aliphatic heterocycles. The van der Waals surface area contributed by atoms with E-state index in [9.17, 15) is 13.9 Å². The summed E-state index contributed by atoms with van der Waals surface area (Å²) in [4.78, 5) is 1.44. The third-order valence-electron chi connectivity index (χ3n) is 2.50. The van der Waals surface area contributed by atoms with Gasteiger partial charge in [0.2, 0.25) is 0 Å². The van der Waals surface area contributed by atoms with Gasteiger partial charge in [-0.2, -0.15) is 0 Å². The third kappa shape index (κ3) is 2.52. The summed E-state index contributed by atoms with van der Waals surface area (Å²) in [6.07, 6.45) is -1.31. The largest absolute Gasteiger partial charge is 0.383 e. The smallest absolute Gasteiger partial charge is 0.146 e. The summed E-state index contributed by atoms with van der Waals surface area (Å²) < 4.78 is 28.4. The summed E-state index contributed by atoms with van der Waals surface area (Å²) in [5, 5.41) is 10.1. The van der Waals surface area contributed by atoms with Crippen LogP contribution in [0, 0.1) is 18.6 Å². The molecule has 0 radical (unpaired) electrons. The molecule has 18 heavy (non-hydrogen) atoms. The monoisotopic (exact) mass is 396 g/mol. The highest BCUT2D eigenvalue weighted by molar-refractivity contribution is 9.10. The van der Waals surface area contributed by atoms with Gasteiger partial charge in [0.25, 0.3) is 0 Å². The zero-order chi connectivity index (χ0) is 13.4. The Morgan fingerprint density at radius 3 is 2.44 bits per heavy atom. The Hall–Kier alpha value is -0.300. The molecular formula is C12H8Br2F2OS. The second kappa shape index (κ2) is 5.36. The van der Waals surface area contributed by atoms with Gasteiger partial charge < -0.3 is 5.11 Å². The van der Waals surface area contributed by atoms with E-state index in [4.69, 9.17) is 0 Å². The number of rotatable bonds is 2. The quantitative estimate of drug-likeness (QED) is 0.711. The highest BCUT2D eigenvalue weighted by atomic mass is 79.9. The molecule has 1 N–H and O–H groups in total. The van der Waals surface area contributed by atoms with Crippen LogP contribution in [0.5, 0.6) is 0 Å². The number of aliphatic hydroxyl groups is 1. The summed E-state index contributed by atoms with van der Waals surface area (Å²) in [5.41, 5.74) is -0.335. The van der Waals surface area contributed by atoms with Gasteiger partial charge in [-0.15, -0.1) is 11.3 Å². The Kier molecular flexibility index (Phi) is 4.21. The Morgan fingerprint density at radius 2 is 1.89 bits per heavy atom. The highest BCUT2D eigenvalue weighted by Crippen LogP contribution is 2.36. The maximum absolute atomic E-state index is 13.9. The third-order valence-corrected chi connectivity index (χ3v) is 5.30. The molecule has 1 heterocycles. The molecule has 6 heteroatoms. The van der Waals surface area contributed by atoms with Crippen LogP contribution < -0.4 is 0 Å².